The Kier molecular flexibility index (Phi) is 12.8. The van der Waals surface area contributed by atoms with Crippen LogP contribution in [0.15, 0.2) is 0 Å². The quantitative estimate of drug-likeness (QED) is 0.352. The van der Waals surface area contributed by atoms with Gasteiger partial charge >= 0.3 is 11.9 Å². The summed E-state index contributed by atoms with van der Waals surface area (Å²) in [5.74, 6) is -2.19. The van der Waals surface area contributed by atoms with Crippen molar-refractivity contribution in [3.8, 4) is 0 Å². The Morgan fingerprint density at radius 3 is 1.88 bits per heavy atom. The molecule has 0 heterocycles. The highest BCUT2D eigenvalue weighted by atomic mass is 16.6. The first-order chi connectivity index (χ1) is 12.2. The maximum absolute atomic E-state index is 11.9. The van der Waals surface area contributed by atoms with Crippen LogP contribution < -0.4 is 5.32 Å². The maximum atomic E-state index is 11.9. The van der Waals surface area contributed by atoms with E-state index in [0.29, 0.717) is 0 Å². The topological polar surface area (TPSA) is 92.7 Å². The minimum Gasteiger partial charge on any atom is -0.480 e. The molecule has 0 saturated carbocycles. The molecule has 0 aromatic heterocycles. The van der Waals surface area contributed by atoms with Gasteiger partial charge < -0.3 is 15.2 Å². The van der Waals surface area contributed by atoms with Gasteiger partial charge in [-0.25, -0.2) is 4.79 Å². The van der Waals surface area contributed by atoms with E-state index in [1.807, 2.05) is 0 Å². The average Bonchev–Trinajstić information content (AvgIpc) is 2.50. The Bertz CT molecular complexity index is 428. The predicted molar refractivity (Wildman–Crippen MR) is 102 cm³/mol. The normalized spacial score (nSPS) is 12.5. The summed E-state index contributed by atoms with van der Waals surface area (Å²) in [5.41, 5.74) is -0.680. The van der Waals surface area contributed by atoms with Crippen molar-refractivity contribution in [2.75, 3.05) is 0 Å². The number of aliphatic carboxylic acids is 1. The largest absolute Gasteiger partial charge is 0.480 e. The zero-order valence-electron chi connectivity index (χ0n) is 16.9. The van der Waals surface area contributed by atoms with Crippen LogP contribution in [0.2, 0.25) is 0 Å². The van der Waals surface area contributed by atoms with Gasteiger partial charge in [-0.05, 0) is 27.2 Å². The van der Waals surface area contributed by atoms with Crippen LogP contribution >= 0.6 is 0 Å². The number of hydrogen-bond donors (Lipinski definition) is 2. The molecule has 0 aliphatic rings. The van der Waals surface area contributed by atoms with Crippen molar-refractivity contribution >= 4 is 17.8 Å². The molecule has 0 rings (SSSR count). The predicted octanol–water partition coefficient (Wildman–Crippen LogP) is 4.21. The molecule has 0 spiro atoms. The van der Waals surface area contributed by atoms with Crippen molar-refractivity contribution in [3.63, 3.8) is 0 Å². The summed E-state index contributed by atoms with van der Waals surface area (Å²) in [6, 6.07) is -1.24. The van der Waals surface area contributed by atoms with Gasteiger partial charge in [-0.15, -0.1) is 0 Å². The Morgan fingerprint density at radius 1 is 0.923 bits per heavy atom. The van der Waals surface area contributed by atoms with E-state index in [-0.39, 0.29) is 18.7 Å². The molecule has 0 unspecified atom stereocenters. The Morgan fingerprint density at radius 2 is 1.42 bits per heavy atom. The zero-order chi connectivity index (χ0) is 20.0. The van der Waals surface area contributed by atoms with Crippen molar-refractivity contribution < 1.29 is 24.2 Å². The minimum atomic E-state index is -1.24. The SMILES string of the molecule is CCCCCCCCCCCC(=O)N[C@@H](CC(=O)OC(C)(C)C)C(=O)O. The van der Waals surface area contributed by atoms with E-state index in [2.05, 4.69) is 12.2 Å². The fourth-order valence-electron chi connectivity index (χ4n) is 2.61. The van der Waals surface area contributed by atoms with E-state index in [9.17, 15) is 19.5 Å². The van der Waals surface area contributed by atoms with Crippen LogP contribution in [0.1, 0.15) is 98.3 Å². The molecule has 152 valence electrons. The van der Waals surface area contributed by atoms with Gasteiger partial charge in [0.05, 0.1) is 6.42 Å². The second-order valence-electron chi connectivity index (χ2n) is 7.83. The number of nitrogens with one attached hydrogen (secondary N) is 1. The van der Waals surface area contributed by atoms with Gasteiger partial charge in [-0.2, -0.15) is 0 Å². The summed E-state index contributed by atoms with van der Waals surface area (Å²) >= 11 is 0. The molecule has 2 N–H and O–H groups in total. The van der Waals surface area contributed by atoms with Gasteiger partial charge in [0, 0.05) is 6.42 Å². The molecule has 6 heteroatoms. The summed E-state index contributed by atoms with van der Waals surface area (Å²) in [4.78, 5) is 34.9. The summed E-state index contributed by atoms with van der Waals surface area (Å²) in [5, 5.41) is 11.6. The molecule has 0 aliphatic heterocycles. The number of unbranched alkanes of at least 4 members (excludes halogenated alkanes) is 8. The molecule has 0 saturated heterocycles. The van der Waals surface area contributed by atoms with Gasteiger partial charge in [0.1, 0.15) is 11.6 Å². The second kappa shape index (κ2) is 13.6. The monoisotopic (exact) mass is 371 g/mol. The highest BCUT2D eigenvalue weighted by molar-refractivity contribution is 5.87. The van der Waals surface area contributed by atoms with E-state index in [4.69, 9.17) is 4.74 Å². The lowest BCUT2D eigenvalue weighted by molar-refractivity contribution is -0.158. The lowest BCUT2D eigenvalue weighted by atomic mass is 10.1. The van der Waals surface area contributed by atoms with Crippen LogP contribution in [0.25, 0.3) is 0 Å². The Hall–Kier alpha value is -1.59. The number of carboxylic acid groups (broad SMARTS) is 1. The lowest BCUT2D eigenvalue weighted by Crippen LogP contribution is -2.43. The Labute approximate surface area is 158 Å². The first-order valence-electron chi connectivity index (χ1n) is 9.89. The highest BCUT2D eigenvalue weighted by Crippen LogP contribution is 2.11. The molecular weight excluding hydrogens is 334 g/mol. The number of esters is 1. The Balaban J connectivity index is 3.95. The van der Waals surface area contributed by atoms with Gasteiger partial charge in [0.2, 0.25) is 5.91 Å². The molecule has 0 bridgehead atoms. The number of hydrogen-bond acceptors (Lipinski definition) is 4. The number of carboxylic acids is 1. The first-order valence-corrected chi connectivity index (χ1v) is 9.89. The second-order valence-corrected chi connectivity index (χ2v) is 7.83. The van der Waals surface area contributed by atoms with Crippen LogP contribution in [-0.4, -0.2) is 34.6 Å². The van der Waals surface area contributed by atoms with Crippen LogP contribution in [-0.2, 0) is 19.1 Å². The number of ether oxygens (including phenoxy) is 1. The third-order valence-corrected chi connectivity index (χ3v) is 3.93. The van der Waals surface area contributed by atoms with E-state index in [0.717, 1.165) is 19.3 Å². The van der Waals surface area contributed by atoms with E-state index < -0.39 is 23.6 Å². The zero-order valence-corrected chi connectivity index (χ0v) is 16.9. The average molecular weight is 372 g/mol. The molecule has 0 fully saturated rings. The lowest BCUT2D eigenvalue weighted by Gasteiger charge is -2.21. The molecule has 1 amide bonds. The third kappa shape index (κ3) is 14.7. The number of amides is 1. The van der Waals surface area contributed by atoms with Crippen LogP contribution in [0.4, 0.5) is 0 Å². The van der Waals surface area contributed by atoms with Crippen molar-refractivity contribution in [3.05, 3.63) is 0 Å². The van der Waals surface area contributed by atoms with Crippen molar-refractivity contribution in [1.82, 2.24) is 5.32 Å². The van der Waals surface area contributed by atoms with Gasteiger partial charge in [0.15, 0.2) is 0 Å². The molecule has 0 radical (unpaired) electrons. The molecule has 0 aliphatic carbocycles. The summed E-state index contributed by atoms with van der Waals surface area (Å²) in [6.07, 6.45) is 10.3. The summed E-state index contributed by atoms with van der Waals surface area (Å²) < 4.78 is 5.11. The molecular formula is C20H37NO5. The van der Waals surface area contributed by atoms with E-state index in [1.54, 1.807) is 20.8 Å². The van der Waals surface area contributed by atoms with Crippen molar-refractivity contribution in [2.45, 2.75) is 110 Å². The van der Waals surface area contributed by atoms with Gasteiger partial charge in [-0.1, -0.05) is 58.3 Å². The standard InChI is InChI=1S/C20H37NO5/c1-5-6-7-8-9-10-11-12-13-14-17(22)21-16(19(24)25)15-18(23)26-20(2,3)4/h16H,5-15H2,1-4H3,(H,21,22)(H,24,25)/t16-/m0/s1. The number of rotatable bonds is 14. The fraction of sp³-hybridized carbons (Fsp3) is 0.850. The summed E-state index contributed by atoms with van der Waals surface area (Å²) in [6.45, 7) is 7.34. The molecule has 1 atom stereocenters. The van der Waals surface area contributed by atoms with Gasteiger partial charge in [0.25, 0.3) is 0 Å². The van der Waals surface area contributed by atoms with E-state index in [1.165, 1.54) is 38.5 Å². The van der Waals surface area contributed by atoms with Crippen LogP contribution in [0, 0.1) is 0 Å². The number of carbonyl (C=O) groups excluding carboxylic acids is 2. The van der Waals surface area contributed by atoms with Crippen molar-refractivity contribution in [2.24, 2.45) is 0 Å². The molecule has 26 heavy (non-hydrogen) atoms. The number of carbonyl (C=O) groups is 3. The maximum Gasteiger partial charge on any atom is 0.326 e. The fourth-order valence-corrected chi connectivity index (χ4v) is 2.61. The van der Waals surface area contributed by atoms with Gasteiger partial charge in [-0.3, -0.25) is 9.59 Å². The minimum absolute atomic E-state index is 0.286. The first kappa shape index (κ1) is 24.4. The smallest absolute Gasteiger partial charge is 0.326 e. The van der Waals surface area contributed by atoms with E-state index >= 15 is 0 Å². The molecule has 6 nitrogen and oxygen atoms in total. The molecule has 0 aromatic carbocycles. The highest BCUT2D eigenvalue weighted by Gasteiger charge is 2.26. The van der Waals surface area contributed by atoms with Crippen LogP contribution in [0.3, 0.4) is 0 Å². The van der Waals surface area contributed by atoms with Crippen LogP contribution in [0.5, 0.6) is 0 Å². The van der Waals surface area contributed by atoms with Crippen molar-refractivity contribution in [1.29, 1.82) is 0 Å². The molecule has 0 aromatic rings. The summed E-state index contributed by atoms with van der Waals surface area (Å²) in [7, 11) is 0. The third-order valence-electron chi connectivity index (χ3n) is 3.93.